The molecular weight excluding hydrogens is 296 g/mol. The van der Waals surface area contributed by atoms with Crippen molar-refractivity contribution in [2.75, 3.05) is 19.7 Å². The lowest BCUT2D eigenvalue weighted by atomic mass is 9.81. The molecule has 0 spiro atoms. The van der Waals surface area contributed by atoms with Gasteiger partial charge in [-0.15, -0.1) is 0 Å². The number of hydrogen-bond donors (Lipinski definition) is 0. The lowest BCUT2D eigenvalue weighted by Gasteiger charge is -2.37. The molecule has 1 saturated carbocycles. The second-order valence-electron chi connectivity index (χ2n) is 7.11. The smallest absolute Gasteiger partial charge is 0.233 e. The van der Waals surface area contributed by atoms with Crippen molar-refractivity contribution in [3.8, 4) is 0 Å². The monoisotopic (exact) mass is 322 g/mol. The number of morpholine rings is 1. The number of imide groups is 1. The molecule has 2 saturated heterocycles. The quantitative estimate of drug-likeness (QED) is 0.732. The molecule has 1 aliphatic carbocycles. The van der Waals surface area contributed by atoms with Gasteiger partial charge in [0.05, 0.1) is 30.6 Å². The van der Waals surface area contributed by atoms with Crippen molar-refractivity contribution in [3.05, 3.63) is 0 Å². The van der Waals surface area contributed by atoms with Gasteiger partial charge in [-0.1, -0.05) is 12.8 Å². The minimum Gasteiger partial charge on any atom is -0.375 e. The predicted molar refractivity (Wildman–Crippen MR) is 83.4 cm³/mol. The van der Waals surface area contributed by atoms with Crippen LogP contribution in [0, 0.1) is 11.8 Å². The van der Waals surface area contributed by atoms with E-state index in [0.29, 0.717) is 13.2 Å². The highest BCUT2D eigenvalue weighted by Crippen LogP contribution is 2.38. The zero-order valence-corrected chi connectivity index (χ0v) is 14.0. The number of ether oxygens (including phenoxy) is 1. The van der Waals surface area contributed by atoms with Crippen LogP contribution in [0.4, 0.5) is 0 Å². The average Bonchev–Trinajstić information content (AvgIpc) is 2.79. The Morgan fingerprint density at radius 3 is 2.35 bits per heavy atom. The third-order valence-corrected chi connectivity index (χ3v) is 5.41. The molecule has 3 rings (SSSR count). The van der Waals surface area contributed by atoms with Gasteiger partial charge in [-0.3, -0.25) is 19.3 Å². The Hall–Kier alpha value is -1.43. The fourth-order valence-electron chi connectivity index (χ4n) is 4.05. The summed E-state index contributed by atoms with van der Waals surface area (Å²) in [5.41, 5.74) is 0. The van der Waals surface area contributed by atoms with Crippen LogP contribution < -0.4 is 0 Å². The van der Waals surface area contributed by atoms with E-state index in [0.717, 1.165) is 25.7 Å². The molecule has 6 nitrogen and oxygen atoms in total. The molecular formula is C17H26N2O4. The summed E-state index contributed by atoms with van der Waals surface area (Å²) in [4.78, 5) is 40.4. The zero-order valence-electron chi connectivity index (χ0n) is 14.0. The maximum absolute atomic E-state index is 12.5. The second kappa shape index (κ2) is 6.59. The van der Waals surface area contributed by atoms with Crippen molar-refractivity contribution in [3.63, 3.8) is 0 Å². The fourth-order valence-corrected chi connectivity index (χ4v) is 4.05. The van der Waals surface area contributed by atoms with Gasteiger partial charge in [0.2, 0.25) is 17.7 Å². The SMILES string of the molecule is CC1CN(C(=O)CCN2C(=O)C3CCCCC3C2=O)C(C)CO1. The van der Waals surface area contributed by atoms with Crippen LogP contribution in [-0.2, 0) is 19.1 Å². The predicted octanol–water partition coefficient (Wildman–Crippen LogP) is 1.19. The van der Waals surface area contributed by atoms with Crippen LogP contribution in [0.2, 0.25) is 0 Å². The summed E-state index contributed by atoms with van der Waals surface area (Å²) in [7, 11) is 0. The summed E-state index contributed by atoms with van der Waals surface area (Å²) in [5, 5.41) is 0. The first-order valence-corrected chi connectivity index (χ1v) is 8.75. The highest BCUT2D eigenvalue weighted by atomic mass is 16.5. The number of carbonyl (C=O) groups is 3. The third-order valence-electron chi connectivity index (χ3n) is 5.41. The van der Waals surface area contributed by atoms with Crippen LogP contribution in [0.15, 0.2) is 0 Å². The molecule has 0 aromatic rings. The number of nitrogens with zero attached hydrogens (tertiary/aromatic N) is 2. The molecule has 4 unspecified atom stereocenters. The van der Waals surface area contributed by atoms with Gasteiger partial charge >= 0.3 is 0 Å². The maximum atomic E-state index is 12.5. The van der Waals surface area contributed by atoms with Crippen LogP contribution in [-0.4, -0.2) is 59.4 Å². The molecule has 0 radical (unpaired) electrons. The Bertz CT molecular complexity index is 483. The molecule has 3 fully saturated rings. The van der Waals surface area contributed by atoms with Gasteiger partial charge in [0.25, 0.3) is 0 Å². The van der Waals surface area contributed by atoms with Crippen molar-refractivity contribution < 1.29 is 19.1 Å². The molecule has 4 atom stereocenters. The normalized spacial score (nSPS) is 34.7. The molecule has 3 amide bonds. The van der Waals surface area contributed by atoms with Gasteiger partial charge in [0.15, 0.2) is 0 Å². The van der Waals surface area contributed by atoms with Gasteiger partial charge in [-0.2, -0.15) is 0 Å². The summed E-state index contributed by atoms with van der Waals surface area (Å²) in [6, 6.07) is 0.0475. The maximum Gasteiger partial charge on any atom is 0.233 e. The average molecular weight is 322 g/mol. The summed E-state index contributed by atoms with van der Waals surface area (Å²) in [6.07, 6.45) is 3.93. The molecule has 6 heteroatoms. The minimum atomic E-state index is -0.131. The fraction of sp³-hybridized carbons (Fsp3) is 0.824. The van der Waals surface area contributed by atoms with Gasteiger partial charge in [-0.05, 0) is 26.7 Å². The van der Waals surface area contributed by atoms with Crippen molar-refractivity contribution in [1.29, 1.82) is 0 Å². The van der Waals surface area contributed by atoms with Gasteiger partial charge in [0, 0.05) is 19.5 Å². The number of carbonyl (C=O) groups excluding carboxylic acids is 3. The van der Waals surface area contributed by atoms with Crippen LogP contribution in [0.5, 0.6) is 0 Å². The number of amides is 3. The van der Waals surface area contributed by atoms with Gasteiger partial charge in [-0.25, -0.2) is 0 Å². The van der Waals surface area contributed by atoms with Crippen LogP contribution in [0.1, 0.15) is 46.0 Å². The number of rotatable bonds is 3. The molecule has 2 heterocycles. The largest absolute Gasteiger partial charge is 0.375 e. The van der Waals surface area contributed by atoms with E-state index in [1.807, 2.05) is 18.7 Å². The molecule has 0 bridgehead atoms. The van der Waals surface area contributed by atoms with Crippen molar-refractivity contribution >= 4 is 17.7 Å². The molecule has 128 valence electrons. The van der Waals surface area contributed by atoms with Crippen molar-refractivity contribution in [2.45, 2.75) is 58.1 Å². The van der Waals surface area contributed by atoms with Gasteiger partial charge in [0.1, 0.15) is 0 Å². The molecule has 0 N–H and O–H groups in total. The van der Waals surface area contributed by atoms with Gasteiger partial charge < -0.3 is 9.64 Å². The Labute approximate surface area is 137 Å². The van der Waals surface area contributed by atoms with E-state index >= 15 is 0 Å². The Balaban J connectivity index is 1.58. The Morgan fingerprint density at radius 1 is 1.13 bits per heavy atom. The van der Waals surface area contributed by atoms with E-state index in [1.54, 1.807) is 0 Å². The van der Waals surface area contributed by atoms with Crippen molar-refractivity contribution in [2.24, 2.45) is 11.8 Å². The van der Waals surface area contributed by atoms with Crippen LogP contribution in [0.3, 0.4) is 0 Å². The van der Waals surface area contributed by atoms with E-state index in [-0.39, 0.29) is 54.7 Å². The van der Waals surface area contributed by atoms with Crippen molar-refractivity contribution in [1.82, 2.24) is 9.80 Å². The highest BCUT2D eigenvalue weighted by Gasteiger charge is 2.48. The lowest BCUT2D eigenvalue weighted by molar-refractivity contribution is -0.145. The summed E-state index contributed by atoms with van der Waals surface area (Å²) < 4.78 is 5.53. The van der Waals surface area contributed by atoms with E-state index in [4.69, 9.17) is 4.74 Å². The number of hydrogen-bond acceptors (Lipinski definition) is 4. The highest BCUT2D eigenvalue weighted by molar-refractivity contribution is 6.05. The van der Waals surface area contributed by atoms with E-state index in [1.165, 1.54) is 4.90 Å². The summed E-state index contributed by atoms with van der Waals surface area (Å²) >= 11 is 0. The van der Waals surface area contributed by atoms with E-state index < -0.39 is 0 Å². The first-order valence-electron chi connectivity index (χ1n) is 8.75. The third kappa shape index (κ3) is 3.13. The molecule has 0 aromatic carbocycles. The molecule has 2 aliphatic heterocycles. The number of fused-ring (bicyclic) bond motifs is 1. The summed E-state index contributed by atoms with van der Waals surface area (Å²) in [5.74, 6) is -0.378. The molecule has 23 heavy (non-hydrogen) atoms. The Kier molecular flexibility index (Phi) is 4.71. The number of likely N-dealkylation sites (tertiary alicyclic amines) is 1. The zero-order chi connectivity index (χ0) is 16.6. The molecule has 0 aromatic heterocycles. The minimum absolute atomic E-state index is 0.00289. The lowest BCUT2D eigenvalue weighted by Crippen LogP contribution is -2.50. The van der Waals surface area contributed by atoms with Crippen LogP contribution in [0.25, 0.3) is 0 Å². The molecule has 3 aliphatic rings. The van der Waals surface area contributed by atoms with Crippen LogP contribution >= 0.6 is 0 Å². The second-order valence-corrected chi connectivity index (χ2v) is 7.11. The topological polar surface area (TPSA) is 66.9 Å². The summed E-state index contributed by atoms with van der Waals surface area (Å²) in [6.45, 7) is 5.25. The Morgan fingerprint density at radius 2 is 1.74 bits per heavy atom. The standard InChI is InChI=1S/C17H26N2O4/c1-11-10-23-12(2)9-19(11)15(20)7-8-18-16(21)13-5-3-4-6-14(13)17(18)22/h11-14H,3-10H2,1-2H3. The van der Waals surface area contributed by atoms with E-state index in [2.05, 4.69) is 0 Å². The van der Waals surface area contributed by atoms with E-state index in [9.17, 15) is 14.4 Å². The first kappa shape index (κ1) is 16.4. The first-order chi connectivity index (χ1) is 11.0.